The summed E-state index contributed by atoms with van der Waals surface area (Å²) in [6, 6.07) is 6.03. The molecule has 0 saturated heterocycles. The second kappa shape index (κ2) is 3.87. The minimum Gasteiger partial charge on any atom is -0.478 e. The van der Waals surface area contributed by atoms with Gasteiger partial charge in [0.15, 0.2) is 0 Å². The SMILES string of the molecule is C=CC(O)c1ccc(C(=O)O)cc1. The molecule has 1 rings (SSSR count). The van der Waals surface area contributed by atoms with Crippen molar-refractivity contribution in [3.05, 3.63) is 48.0 Å². The Balaban J connectivity index is 2.93. The number of aliphatic hydroxyl groups is 1. The van der Waals surface area contributed by atoms with E-state index in [9.17, 15) is 9.90 Å². The van der Waals surface area contributed by atoms with Gasteiger partial charge in [-0.3, -0.25) is 0 Å². The van der Waals surface area contributed by atoms with Gasteiger partial charge in [-0.25, -0.2) is 4.79 Å². The van der Waals surface area contributed by atoms with Crippen LogP contribution < -0.4 is 0 Å². The number of benzene rings is 1. The van der Waals surface area contributed by atoms with Crippen LogP contribution in [0.3, 0.4) is 0 Å². The Labute approximate surface area is 76.0 Å². The fourth-order valence-electron chi connectivity index (χ4n) is 0.959. The summed E-state index contributed by atoms with van der Waals surface area (Å²) in [5.74, 6) is -0.973. The van der Waals surface area contributed by atoms with Crippen molar-refractivity contribution in [3.8, 4) is 0 Å². The Hall–Kier alpha value is -1.61. The molecule has 2 N–H and O–H groups in total. The van der Waals surface area contributed by atoms with E-state index in [-0.39, 0.29) is 5.56 Å². The van der Waals surface area contributed by atoms with Gasteiger partial charge in [0, 0.05) is 0 Å². The molecule has 3 heteroatoms. The number of carbonyl (C=O) groups is 1. The van der Waals surface area contributed by atoms with Crippen LogP contribution >= 0.6 is 0 Å². The predicted octanol–water partition coefficient (Wildman–Crippen LogP) is 1.60. The summed E-state index contributed by atoms with van der Waals surface area (Å²) in [5, 5.41) is 17.9. The molecule has 0 spiro atoms. The Kier molecular flexibility index (Phi) is 2.82. The number of hydrogen-bond donors (Lipinski definition) is 2. The second-order valence-corrected chi connectivity index (χ2v) is 2.61. The average molecular weight is 178 g/mol. The van der Waals surface area contributed by atoms with Crippen LogP contribution in [-0.4, -0.2) is 16.2 Å². The molecule has 0 bridgehead atoms. The summed E-state index contributed by atoms with van der Waals surface area (Å²) in [5.41, 5.74) is 0.847. The molecular formula is C10H10O3. The zero-order valence-electron chi connectivity index (χ0n) is 6.97. The highest BCUT2D eigenvalue weighted by molar-refractivity contribution is 5.87. The van der Waals surface area contributed by atoms with Gasteiger partial charge in [0.05, 0.1) is 11.7 Å². The van der Waals surface area contributed by atoms with Gasteiger partial charge in [-0.05, 0) is 17.7 Å². The van der Waals surface area contributed by atoms with Gasteiger partial charge in [-0.1, -0.05) is 18.2 Å². The number of hydrogen-bond acceptors (Lipinski definition) is 2. The van der Waals surface area contributed by atoms with E-state index in [2.05, 4.69) is 6.58 Å². The van der Waals surface area contributed by atoms with Crippen LogP contribution in [0, 0.1) is 0 Å². The Morgan fingerprint density at radius 3 is 2.31 bits per heavy atom. The molecule has 1 aromatic carbocycles. The van der Waals surface area contributed by atoms with Crippen molar-refractivity contribution >= 4 is 5.97 Å². The predicted molar refractivity (Wildman–Crippen MR) is 48.6 cm³/mol. The van der Waals surface area contributed by atoms with Crippen molar-refractivity contribution in [1.29, 1.82) is 0 Å². The Morgan fingerprint density at radius 2 is 1.92 bits per heavy atom. The zero-order chi connectivity index (χ0) is 9.84. The number of carboxylic acid groups (broad SMARTS) is 1. The van der Waals surface area contributed by atoms with Crippen molar-refractivity contribution in [1.82, 2.24) is 0 Å². The molecule has 3 nitrogen and oxygen atoms in total. The van der Waals surface area contributed by atoms with Crippen LogP contribution in [0.4, 0.5) is 0 Å². The lowest BCUT2D eigenvalue weighted by Gasteiger charge is -2.04. The third-order valence-corrected chi connectivity index (χ3v) is 1.72. The van der Waals surface area contributed by atoms with E-state index in [0.29, 0.717) is 5.56 Å². The van der Waals surface area contributed by atoms with Gasteiger partial charge < -0.3 is 10.2 Å². The first-order chi connectivity index (χ1) is 6.15. The second-order valence-electron chi connectivity index (χ2n) is 2.61. The van der Waals surface area contributed by atoms with E-state index < -0.39 is 12.1 Å². The van der Waals surface area contributed by atoms with Crippen molar-refractivity contribution in [3.63, 3.8) is 0 Å². The molecule has 0 saturated carbocycles. The summed E-state index contributed by atoms with van der Waals surface area (Å²) < 4.78 is 0. The van der Waals surface area contributed by atoms with Gasteiger partial charge in [0.1, 0.15) is 0 Å². The fraction of sp³-hybridized carbons (Fsp3) is 0.100. The number of aliphatic hydroxyl groups excluding tert-OH is 1. The van der Waals surface area contributed by atoms with Crippen LogP contribution in [0.1, 0.15) is 22.0 Å². The van der Waals surface area contributed by atoms with E-state index in [1.807, 2.05) is 0 Å². The van der Waals surface area contributed by atoms with Crippen LogP contribution in [0.25, 0.3) is 0 Å². The number of rotatable bonds is 3. The number of aromatic carboxylic acids is 1. The summed E-state index contributed by atoms with van der Waals surface area (Å²) in [6.45, 7) is 3.43. The molecule has 0 aliphatic carbocycles. The normalized spacial score (nSPS) is 12.1. The van der Waals surface area contributed by atoms with Crippen LogP contribution in [-0.2, 0) is 0 Å². The number of carboxylic acids is 1. The summed E-state index contributed by atoms with van der Waals surface area (Å²) in [7, 11) is 0. The van der Waals surface area contributed by atoms with Gasteiger partial charge in [-0.2, -0.15) is 0 Å². The maximum absolute atomic E-state index is 10.5. The molecule has 0 fully saturated rings. The highest BCUT2D eigenvalue weighted by Crippen LogP contribution is 2.14. The standard InChI is InChI=1S/C10H10O3/c1-2-9(11)7-3-5-8(6-4-7)10(12)13/h2-6,9,11H,1H2,(H,12,13). The largest absolute Gasteiger partial charge is 0.478 e. The van der Waals surface area contributed by atoms with Crippen LogP contribution in [0.15, 0.2) is 36.9 Å². The van der Waals surface area contributed by atoms with Crippen molar-refractivity contribution in [2.24, 2.45) is 0 Å². The third kappa shape index (κ3) is 2.16. The van der Waals surface area contributed by atoms with Gasteiger partial charge >= 0.3 is 5.97 Å². The lowest BCUT2D eigenvalue weighted by atomic mass is 10.1. The topological polar surface area (TPSA) is 57.5 Å². The molecule has 1 atom stereocenters. The molecular weight excluding hydrogens is 168 g/mol. The monoisotopic (exact) mass is 178 g/mol. The molecule has 68 valence electrons. The maximum Gasteiger partial charge on any atom is 0.335 e. The lowest BCUT2D eigenvalue weighted by Crippen LogP contribution is -1.97. The Morgan fingerprint density at radius 1 is 1.38 bits per heavy atom. The van der Waals surface area contributed by atoms with E-state index in [1.165, 1.54) is 18.2 Å². The molecule has 1 aromatic rings. The first kappa shape index (κ1) is 9.48. The molecule has 0 aromatic heterocycles. The zero-order valence-corrected chi connectivity index (χ0v) is 6.97. The summed E-state index contributed by atoms with van der Waals surface area (Å²) >= 11 is 0. The van der Waals surface area contributed by atoms with Crippen molar-refractivity contribution < 1.29 is 15.0 Å². The van der Waals surface area contributed by atoms with Gasteiger partial charge in [0.2, 0.25) is 0 Å². The first-order valence-electron chi connectivity index (χ1n) is 3.79. The van der Waals surface area contributed by atoms with Crippen LogP contribution in [0.2, 0.25) is 0 Å². The van der Waals surface area contributed by atoms with E-state index >= 15 is 0 Å². The van der Waals surface area contributed by atoms with E-state index in [4.69, 9.17) is 5.11 Å². The molecule has 0 amide bonds. The molecule has 1 unspecified atom stereocenters. The minimum absolute atomic E-state index is 0.208. The highest BCUT2D eigenvalue weighted by atomic mass is 16.4. The van der Waals surface area contributed by atoms with Gasteiger partial charge in [-0.15, -0.1) is 6.58 Å². The van der Waals surface area contributed by atoms with Crippen LogP contribution in [0.5, 0.6) is 0 Å². The third-order valence-electron chi connectivity index (χ3n) is 1.72. The van der Waals surface area contributed by atoms with Gasteiger partial charge in [0.25, 0.3) is 0 Å². The summed E-state index contributed by atoms with van der Waals surface area (Å²) in [6.07, 6.45) is 0.651. The smallest absolute Gasteiger partial charge is 0.335 e. The van der Waals surface area contributed by atoms with E-state index in [0.717, 1.165) is 0 Å². The molecule has 0 aliphatic rings. The Bertz CT molecular complexity index is 313. The minimum atomic E-state index is -0.973. The molecule has 0 heterocycles. The highest BCUT2D eigenvalue weighted by Gasteiger charge is 2.04. The average Bonchev–Trinajstić information content (AvgIpc) is 2.17. The lowest BCUT2D eigenvalue weighted by molar-refractivity contribution is 0.0696. The molecule has 13 heavy (non-hydrogen) atoms. The quantitative estimate of drug-likeness (QED) is 0.691. The summed E-state index contributed by atoms with van der Waals surface area (Å²) in [4.78, 5) is 10.5. The molecule has 0 aliphatic heterocycles. The first-order valence-corrected chi connectivity index (χ1v) is 3.79. The fourth-order valence-corrected chi connectivity index (χ4v) is 0.959. The van der Waals surface area contributed by atoms with E-state index in [1.54, 1.807) is 12.1 Å². The maximum atomic E-state index is 10.5. The van der Waals surface area contributed by atoms with Crippen molar-refractivity contribution in [2.75, 3.05) is 0 Å². The molecule has 0 radical (unpaired) electrons. The van der Waals surface area contributed by atoms with Crippen molar-refractivity contribution in [2.45, 2.75) is 6.10 Å².